The Hall–Kier alpha value is -1.96. The van der Waals surface area contributed by atoms with Gasteiger partial charge in [-0.15, -0.1) is 0 Å². The molecule has 1 saturated heterocycles. The molecular formula is C13H16N2O5S. The highest BCUT2D eigenvalue weighted by Gasteiger charge is 2.38. The molecule has 0 aromatic heterocycles. The highest BCUT2D eigenvalue weighted by atomic mass is 32.2. The maximum Gasteiger partial charge on any atom is 0.321 e. The third kappa shape index (κ3) is 2.63. The minimum Gasteiger partial charge on any atom is -0.454 e. The van der Waals surface area contributed by atoms with Crippen molar-refractivity contribution in [1.29, 1.82) is 0 Å². The van der Waals surface area contributed by atoms with E-state index in [9.17, 15) is 13.2 Å². The van der Waals surface area contributed by atoms with Gasteiger partial charge in [0.1, 0.15) is 0 Å². The number of amides is 2. The van der Waals surface area contributed by atoms with Crippen LogP contribution in [-0.4, -0.2) is 50.2 Å². The normalized spacial score (nSPS) is 17.5. The Morgan fingerprint density at radius 1 is 1.33 bits per heavy atom. The molecule has 3 rings (SSSR count). The zero-order valence-electron chi connectivity index (χ0n) is 11.5. The van der Waals surface area contributed by atoms with Crippen molar-refractivity contribution in [2.75, 3.05) is 31.0 Å². The van der Waals surface area contributed by atoms with Gasteiger partial charge in [-0.1, -0.05) is 6.92 Å². The second-order valence-electron chi connectivity index (χ2n) is 4.98. The molecule has 0 atom stereocenters. The second kappa shape index (κ2) is 5.10. The number of sulfone groups is 1. The average Bonchev–Trinajstić information content (AvgIpc) is 2.84. The van der Waals surface area contributed by atoms with Gasteiger partial charge in [0, 0.05) is 30.6 Å². The van der Waals surface area contributed by atoms with Crippen LogP contribution < -0.4 is 14.8 Å². The molecular weight excluding hydrogens is 296 g/mol. The number of anilines is 1. The van der Waals surface area contributed by atoms with Crippen molar-refractivity contribution in [3.63, 3.8) is 0 Å². The molecule has 114 valence electrons. The van der Waals surface area contributed by atoms with Crippen molar-refractivity contribution in [1.82, 2.24) is 4.90 Å². The summed E-state index contributed by atoms with van der Waals surface area (Å²) in [6.07, 6.45) is 0. The predicted molar refractivity (Wildman–Crippen MR) is 76.4 cm³/mol. The van der Waals surface area contributed by atoms with Crippen molar-refractivity contribution < 1.29 is 22.7 Å². The van der Waals surface area contributed by atoms with Crippen molar-refractivity contribution in [2.24, 2.45) is 0 Å². The summed E-state index contributed by atoms with van der Waals surface area (Å²) in [5, 5.41) is 2.28. The molecule has 1 fully saturated rings. The maximum absolute atomic E-state index is 12.0. The molecule has 2 aliphatic rings. The van der Waals surface area contributed by atoms with Gasteiger partial charge in [-0.2, -0.15) is 0 Å². The van der Waals surface area contributed by atoms with E-state index in [-0.39, 0.29) is 31.7 Å². The van der Waals surface area contributed by atoms with Crippen LogP contribution >= 0.6 is 0 Å². The van der Waals surface area contributed by atoms with Crippen LogP contribution in [0.25, 0.3) is 0 Å². The van der Waals surface area contributed by atoms with Gasteiger partial charge in [-0.3, -0.25) is 0 Å². The zero-order chi connectivity index (χ0) is 15.0. The smallest absolute Gasteiger partial charge is 0.321 e. The minimum absolute atomic E-state index is 0.106. The largest absolute Gasteiger partial charge is 0.454 e. The number of hydrogen-bond donors (Lipinski definition) is 1. The number of carbonyl (C=O) groups is 1. The Balaban J connectivity index is 1.59. The first-order valence-electron chi connectivity index (χ1n) is 6.67. The Labute approximate surface area is 122 Å². The predicted octanol–water partition coefficient (Wildman–Crippen LogP) is 1.07. The molecule has 2 heterocycles. The molecule has 0 radical (unpaired) electrons. The Kier molecular flexibility index (Phi) is 3.40. The van der Waals surface area contributed by atoms with Gasteiger partial charge < -0.3 is 19.7 Å². The number of benzene rings is 1. The summed E-state index contributed by atoms with van der Waals surface area (Å²) in [6, 6.07) is 4.81. The summed E-state index contributed by atoms with van der Waals surface area (Å²) in [7, 11) is -3.07. The van der Waals surface area contributed by atoms with E-state index >= 15 is 0 Å². The van der Waals surface area contributed by atoms with E-state index in [4.69, 9.17) is 9.47 Å². The van der Waals surface area contributed by atoms with E-state index in [0.717, 1.165) is 0 Å². The summed E-state index contributed by atoms with van der Waals surface area (Å²) in [5.74, 6) is 1.34. The van der Waals surface area contributed by atoms with E-state index in [1.807, 2.05) is 0 Å². The van der Waals surface area contributed by atoms with Gasteiger partial charge in [0.2, 0.25) is 6.79 Å². The third-order valence-corrected chi connectivity index (χ3v) is 5.79. The Morgan fingerprint density at radius 2 is 2.05 bits per heavy atom. The Bertz CT molecular complexity index is 667. The van der Waals surface area contributed by atoms with Gasteiger partial charge >= 0.3 is 6.03 Å². The summed E-state index contributed by atoms with van der Waals surface area (Å²) < 4.78 is 33.7. The third-order valence-electron chi connectivity index (χ3n) is 3.67. The summed E-state index contributed by atoms with van der Waals surface area (Å²) in [6.45, 7) is 2.28. The lowest BCUT2D eigenvalue weighted by atomic mass is 10.2. The Morgan fingerprint density at radius 3 is 2.76 bits per heavy atom. The molecule has 0 aliphatic carbocycles. The number of nitrogens with one attached hydrogen (secondary N) is 1. The van der Waals surface area contributed by atoms with Crippen LogP contribution in [0, 0.1) is 0 Å². The van der Waals surface area contributed by atoms with Crippen LogP contribution in [0.1, 0.15) is 6.92 Å². The minimum atomic E-state index is -3.07. The number of hydrogen-bond acceptors (Lipinski definition) is 5. The van der Waals surface area contributed by atoms with Crippen LogP contribution in [0.15, 0.2) is 18.2 Å². The number of nitrogens with zero attached hydrogens (tertiary/aromatic N) is 1. The molecule has 1 aromatic carbocycles. The molecule has 0 unspecified atom stereocenters. The van der Waals surface area contributed by atoms with Crippen molar-refractivity contribution >= 4 is 21.6 Å². The fraction of sp³-hybridized carbons (Fsp3) is 0.462. The van der Waals surface area contributed by atoms with Gasteiger partial charge in [0.15, 0.2) is 21.3 Å². The fourth-order valence-electron chi connectivity index (χ4n) is 2.24. The average molecular weight is 312 g/mol. The van der Waals surface area contributed by atoms with Crippen LogP contribution in [0.2, 0.25) is 0 Å². The van der Waals surface area contributed by atoms with E-state index < -0.39 is 15.1 Å². The zero-order valence-corrected chi connectivity index (χ0v) is 12.4. The van der Waals surface area contributed by atoms with Crippen LogP contribution in [0.3, 0.4) is 0 Å². The number of ether oxygens (including phenoxy) is 2. The monoisotopic (exact) mass is 312 g/mol. The van der Waals surface area contributed by atoms with Crippen molar-refractivity contribution in [2.45, 2.75) is 12.2 Å². The molecule has 2 amide bonds. The topological polar surface area (TPSA) is 84.9 Å². The standard InChI is InChI=1S/C13H16N2O5S/c1-2-21(17,18)10-6-15(7-10)13(16)14-9-3-4-11-12(5-9)20-8-19-11/h3-5,10H,2,6-8H2,1H3,(H,14,16). The molecule has 0 bridgehead atoms. The van der Waals surface area contributed by atoms with E-state index in [1.54, 1.807) is 25.1 Å². The van der Waals surface area contributed by atoms with Gasteiger partial charge in [-0.05, 0) is 12.1 Å². The maximum atomic E-state index is 12.0. The van der Waals surface area contributed by atoms with E-state index in [2.05, 4.69) is 5.32 Å². The summed E-state index contributed by atoms with van der Waals surface area (Å²) in [5.41, 5.74) is 0.589. The van der Waals surface area contributed by atoms with E-state index in [1.165, 1.54) is 4.90 Å². The molecule has 1 N–H and O–H groups in total. The first-order chi connectivity index (χ1) is 9.99. The van der Waals surface area contributed by atoms with Crippen LogP contribution in [0.5, 0.6) is 11.5 Å². The van der Waals surface area contributed by atoms with Crippen LogP contribution in [0.4, 0.5) is 10.5 Å². The molecule has 8 heteroatoms. The first kappa shape index (κ1) is 14.0. The molecule has 0 saturated carbocycles. The summed E-state index contributed by atoms with van der Waals surface area (Å²) >= 11 is 0. The summed E-state index contributed by atoms with van der Waals surface area (Å²) in [4.78, 5) is 13.5. The number of rotatable bonds is 3. The highest BCUT2D eigenvalue weighted by molar-refractivity contribution is 7.92. The molecule has 7 nitrogen and oxygen atoms in total. The van der Waals surface area contributed by atoms with Crippen molar-refractivity contribution in [3.05, 3.63) is 18.2 Å². The number of carbonyl (C=O) groups excluding carboxylic acids is 1. The fourth-order valence-corrected chi connectivity index (χ4v) is 3.53. The molecule has 0 spiro atoms. The SMILES string of the molecule is CCS(=O)(=O)C1CN(C(=O)Nc2ccc3c(c2)OCO3)C1. The highest BCUT2D eigenvalue weighted by Crippen LogP contribution is 2.34. The van der Waals surface area contributed by atoms with Crippen LogP contribution in [-0.2, 0) is 9.84 Å². The molecule has 2 aliphatic heterocycles. The number of fused-ring (bicyclic) bond motifs is 1. The lowest BCUT2D eigenvalue weighted by Gasteiger charge is -2.38. The lowest BCUT2D eigenvalue weighted by molar-refractivity contribution is 0.174. The first-order valence-corrected chi connectivity index (χ1v) is 8.38. The molecule has 1 aromatic rings. The van der Waals surface area contributed by atoms with Gasteiger partial charge in [0.05, 0.1) is 5.25 Å². The number of likely N-dealkylation sites (tertiary alicyclic amines) is 1. The van der Waals surface area contributed by atoms with E-state index in [0.29, 0.717) is 17.2 Å². The van der Waals surface area contributed by atoms with Gasteiger partial charge in [-0.25, -0.2) is 13.2 Å². The number of urea groups is 1. The lowest BCUT2D eigenvalue weighted by Crippen LogP contribution is -2.58. The quantitative estimate of drug-likeness (QED) is 0.902. The van der Waals surface area contributed by atoms with Crippen molar-refractivity contribution in [3.8, 4) is 11.5 Å². The van der Waals surface area contributed by atoms with Gasteiger partial charge in [0.25, 0.3) is 0 Å². The second-order valence-corrected chi connectivity index (χ2v) is 7.55. The molecule has 21 heavy (non-hydrogen) atoms.